The van der Waals surface area contributed by atoms with Crippen LogP contribution >= 0.6 is 0 Å². The number of carbonyl (C=O) groups excluding carboxylic acids is 3. The van der Waals surface area contributed by atoms with Crippen molar-refractivity contribution < 1.29 is 18.8 Å². The van der Waals surface area contributed by atoms with Crippen LogP contribution in [0.25, 0.3) is 11.0 Å². The van der Waals surface area contributed by atoms with E-state index in [9.17, 15) is 14.4 Å². The molecule has 2 aromatic rings. The minimum atomic E-state index is -0.391. The van der Waals surface area contributed by atoms with Crippen LogP contribution in [0.4, 0.5) is 5.69 Å². The average Bonchev–Trinajstić information content (AvgIpc) is 3.00. The first-order valence-electron chi connectivity index (χ1n) is 8.75. The molecule has 1 aliphatic rings. The molecule has 0 bridgehead atoms. The zero-order valence-electron chi connectivity index (χ0n) is 15.0. The number of Topliss-reactive ketones (excluding diaryl/α,β-unsaturated/α-hetero) is 1. The van der Waals surface area contributed by atoms with Crippen LogP contribution in [-0.2, 0) is 9.59 Å². The lowest BCUT2D eigenvalue weighted by atomic mass is 9.95. The Hall–Kier alpha value is -2.67. The van der Waals surface area contributed by atoms with Gasteiger partial charge in [-0.25, -0.2) is 0 Å². The molecular formula is C19H23N3O4. The van der Waals surface area contributed by atoms with E-state index in [1.807, 2.05) is 30.0 Å². The number of nitrogens with zero attached hydrogens (tertiary/aromatic N) is 1. The number of hydrogen-bond acceptors (Lipinski definition) is 5. The van der Waals surface area contributed by atoms with Crippen LogP contribution in [0.1, 0.15) is 37.2 Å². The van der Waals surface area contributed by atoms with Crippen molar-refractivity contribution in [3.8, 4) is 0 Å². The van der Waals surface area contributed by atoms with E-state index >= 15 is 0 Å². The van der Waals surface area contributed by atoms with Crippen LogP contribution < -0.4 is 11.1 Å². The summed E-state index contributed by atoms with van der Waals surface area (Å²) in [6.07, 6.45) is 1.31. The van der Waals surface area contributed by atoms with E-state index in [-0.39, 0.29) is 29.3 Å². The Kier molecular flexibility index (Phi) is 5.08. The number of piperidine rings is 1. The number of anilines is 1. The number of fused-ring (bicyclic) bond motifs is 1. The minimum absolute atomic E-state index is 0.122. The third-order valence-electron chi connectivity index (χ3n) is 5.02. The van der Waals surface area contributed by atoms with Gasteiger partial charge < -0.3 is 15.5 Å². The Morgan fingerprint density at radius 3 is 2.50 bits per heavy atom. The lowest BCUT2D eigenvalue weighted by Crippen LogP contribution is -2.47. The molecule has 7 nitrogen and oxygen atoms in total. The van der Waals surface area contributed by atoms with Crippen molar-refractivity contribution in [2.24, 2.45) is 11.7 Å². The van der Waals surface area contributed by atoms with Crippen molar-refractivity contribution in [2.75, 3.05) is 18.4 Å². The van der Waals surface area contributed by atoms with E-state index in [0.29, 0.717) is 42.6 Å². The standard InChI is InChI=1S/C19H23N3O4/c1-11(22-9-7-13(8-10-22)18(20)24)19(25)21-16-14-5-3-4-6-15(14)26-17(16)12(2)23/h3-6,11,13H,7-10H2,1-2H3,(H2,20,24)(H,21,25). The second-order valence-corrected chi connectivity index (χ2v) is 6.74. The van der Waals surface area contributed by atoms with E-state index in [4.69, 9.17) is 10.2 Å². The molecule has 3 N–H and O–H groups in total. The van der Waals surface area contributed by atoms with Gasteiger partial charge >= 0.3 is 0 Å². The van der Waals surface area contributed by atoms with E-state index in [1.54, 1.807) is 6.07 Å². The van der Waals surface area contributed by atoms with Crippen LogP contribution in [0, 0.1) is 5.92 Å². The first-order chi connectivity index (χ1) is 12.4. The van der Waals surface area contributed by atoms with Gasteiger partial charge in [0.15, 0.2) is 11.5 Å². The molecule has 1 aliphatic heterocycles. The number of amides is 2. The zero-order chi connectivity index (χ0) is 18.8. The fraction of sp³-hybridized carbons (Fsp3) is 0.421. The van der Waals surface area contributed by atoms with E-state index in [2.05, 4.69) is 5.32 Å². The van der Waals surface area contributed by atoms with Gasteiger partial charge in [0.05, 0.1) is 11.7 Å². The Labute approximate surface area is 151 Å². The highest BCUT2D eigenvalue weighted by Crippen LogP contribution is 2.31. The average molecular weight is 357 g/mol. The predicted octanol–water partition coefficient (Wildman–Crippen LogP) is 2.16. The molecule has 1 saturated heterocycles. The number of para-hydroxylation sites is 1. The molecule has 7 heteroatoms. The number of hydrogen-bond donors (Lipinski definition) is 2. The zero-order valence-corrected chi connectivity index (χ0v) is 15.0. The molecule has 0 aliphatic carbocycles. The van der Waals surface area contributed by atoms with Crippen LogP contribution in [0.5, 0.6) is 0 Å². The summed E-state index contributed by atoms with van der Waals surface area (Å²) in [5.41, 5.74) is 6.33. The van der Waals surface area contributed by atoms with E-state index < -0.39 is 6.04 Å². The van der Waals surface area contributed by atoms with Gasteiger partial charge in [0.1, 0.15) is 5.58 Å². The monoisotopic (exact) mass is 357 g/mol. The SMILES string of the molecule is CC(=O)c1oc2ccccc2c1NC(=O)C(C)N1CCC(C(N)=O)CC1. The molecule has 26 heavy (non-hydrogen) atoms. The minimum Gasteiger partial charge on any atom is -0.451 e. The molecule has 0 spiro atoms. The maximum Gasteiger partial charge on any atom is 0.241 e. The first kappa shape index (κ1) is 18.1. The number of rotatable bonds is 5. The van der Waals surface area contributed by atoms with Gasteiger partial charge in [0.2, 0.25) is 11.8 Å². The number of furan rings is 1. The van der Waals surface area contributed by atoms with Gasteiger partial charge in [-0.3, -0.25) is 19.3 Å². The summed E-state index contributed by atoms with van der Waals surface area (Å²) in [5.74, 6) is -0.705. The predicted molar refractivity (Wildman–Crippen MR) is 97.8 cm³/mol. The molecule has 1 fully saturated rings. The van der Waals surface area contributed by atoms with Crippen LogP contribution in [0.15, 0.2) is 28.7 Å². The Morgan fingerprint density at radius 2 is 1.88 bits per heavy atom. The molecule has 138 valence electrons. The molecule has 1 aromatic heterocycles. The van der Waals surface area contributed by atoms with Gasteiger partial charge in [0, 0.05) is 18.2 Å². The number of likely N-dealkylation sites (tertiary alicyclic amines) is 1. The number of nitrogens with one attached hydrogen (secondary N) is 1. The van der Waals surface area contributed by atoms with Crippen molar-refractivity contribution >= 4 is 34.3 Å². The molecular weight excluding hydrogens is 334 g/mol. The molecule has 3 rings (SSSR count). The maximum absolute atomic E-state index is 12.7. The summed E-state index contributed by atoms with van der Waals surface area (Å²) >= 11 is 0. The number of primary amides is 1. The molecule has 1 atom stereocenters. The third-order valence-corrected chi connectivity index (χ3v) is 5.02. The molecule has 2 heterocycles. The lowest BCUT2D eigenvalue weighted by Gasteiger charge is -2.34. The molecule has 1 unspecified atom stereocenters. The van der Waals surface area contributed by atoms with Gasteiger partial charge in [0.25, 0.3) is 0 Å². The largest absolute Gasteiger partial charge is 0.451 e. The second-order valence-electron chi connectivity index (χ2n) is 6.74. The highest BCUT2D eigenvalue weighted by molar-refractivity contribution is 6.11. The van der Waals surface area contributed by atoms with Crippen molar-refractivity contribution in [1.82, 2.24) is 4.90 Å². The smallest absolute Gasteiger partial charge is 0.241 e. The molecule has 1 aromatic carbocycles. The Bertz CT molecular complexity index is 850. The summed E-state index contributed by atoms with van der Waals surface area (Å²) in [6, 6.07) is 6.82. The van der Waals surface area contributed by atoms with Crippen LogP contribution in [-0.4, -0.2) is 41.6 Å². The van der Waals surface area contributed by atoms with Crippen molar-refractivity contribution in [1.29, 1.82) is 0 Å². The van der Waals surface area contributed by atoms with Gasteiger partial charge in [-0.05, 0) is 45.0 Å². The second kappa shape index (κ2) is 7.29. The number of benzene rings is 1. The summed E-state index contributed by atoms with van der Waals surface area (Å²) in [7, 11) is 0. The van der Waals surface area contributed by atoms with Gasteiger partial charge in [-0.2, -0.15) is 0 Å². The Balaban J connectivity index is 1.76. The van der Waals surface area contributed by atoms with Crippen LogP contribution in [0.2, 0.25) is 0 Å². The fourth-order valence-electron chi connectivity index (χ4n) is 3.38. The summed E-state index contributed by atoms with van der Waals surface area (Å²) < 4.78 is 5.60. The maximum atomic E-state index is 12.7. The highest BCUT2D eigenvalue weighted by atomic mass is 16.3. The third kappa shape index (κ3) is 3.48. The summed E-state index contributed by atoms with van der Waals surface area (Å²) in [5, 5.41) is 3.56. The molecule has 2 amide bonds. The topological polar surface area (TPSA) is 106 Å². The lowest BCUT2D eigenvalue weighted by molar-refractivity contribution is -0.124. The molecule has 0 radical (unpaired) electrons. The quantitative estimate of drug-likeness (QED) is 0.798. The highest BCUT2D eigenvalue weighted by Gasteiger charge is 2.30. The Morgan fingerprint density at radius 1 is 1.23 bits per heavy atom. The van der Waals surface area contributed by atoms with E-state index in [0.717, 1.165) is 0 Å². The number of ketones is 1. The normalized spacial score (nSPS) is 17.2. The van der Waals surface area contributed by atoms with Crippen molar-refractivity contribution in [3.63, 3.8) is 0 Å². The van der Waals surface area contributed by atoms with Gasteiger partial charge in [-0.1, -0.05) is 12.1 Å². The van der Waals surface area contributed by atoms with E-state index in [1.165, 1.54) is 6.92 Å². The number of nitrogens with two attached hydrogens (primary N) is 1. The number of carbonyl (C=O) groups is 3. The molecule has 0 saturated carbocycles. The summed E-state index contributed by atoms with van der Waals surface area (Å²) in [4.78, 5) is 37.9. The van der Waals surface area contributed by atoms with Gasteiger partial charge in [-0.15, -0.1) is 0 Å². The van der Waals surface area contributed by atoms with Crippen molar-refractivity contribution in [2.45, 2.75) is 32.7 Å². The van der Waals surface area contributed by atoms with Crippen molar-refractivity contribution in [3.05, 3.63) is 30.0 Å². The first-order valence-corrected chi connectivity index (χ1v) is 8.75. The summed E-state index contributed by atoms with van der Waals surface area (Å²) in [6.45, 7) is 4.49. The van der Waals surface area contributed by atoms with Crippen LogP contribution in [0.3, 0.4) is 0 Å². The fourth-order valence-corrected chi connectivity index (χ4v) is 3.38.